The lowest BCUT2D eigenvalue weighted by Gasteiger charge is -2.08. The quantitative estimate of drug-likeness (QED) is 0.523. The highest BCUT2D eigenvalue weighted by molar-refractivity contribution is 7.99. The zero-order valence-electron chi connectivity index (χ0n) is 13.1. The van der Waals surface area contributed by atoms with Crippen molar-refractivity contribution >= 4 is 56.7 Å². The number of rotatable bonds is 5. The van der Waals surface area contributed by atoms with Crippen LogP contribution in [0.4, 0.5) is 5.69 Å². The molecule has 0 unspecified atom stereocenters. The van der Waals surface area contributed by atoms with Gasteiger partial charge in [0.05, 0.1) is 16.8 Å². The third-order valence-corrected chi connectivity index (χ3v) is 5.99. The van der Waals surface area contributed by atoms with E-state index in [-0.39, 0.29) is 17.2 Å². The van der Waals surface area contributed by atoms with E-state index in [1.807, 2.05) is 42.8 Å². The van der Waals surface area contributed by atoms with Gasteiger partial charge in [-0.05, 0) is 36.3 Å². The second-order valence-electron chi connectivity index (χ2n) is 5.01. The number of hydrogen-bond acceptors (Lipinski definition) is 6. The number of aromatic amines is 1. The molecule has 5 nitrogen and oxygen atoms in total. The second kappa shape index (κ2) is 7.42. The Labute approximate surface area is 151 Å². The first-order chi connectivity index (χ1) is 11.6. The van der Waals surface area contributed by atoms with Crippen molar-refractivity contribution in [3.05, 3.63) is 45.6 Å². The summed E-state index contributed by atoms with van der Waals surface area (Å²) in [6.45, 7) is 1.89. The molecule has 0 spiro atoms. The number of anilines is 1. The summed E-state index contributed by atoms with van der Waals surface area (Å²) >= 11 is 4.23. The summed E-state index contributed by atoms with van der Waals surface area (Å²) in [5.41, 5.74) is 1.56. The highest BCUT2D eigenvalue weighted by Crippen LogP contribution is 2.25. The van der Waals surface area contributed by atoms with Crippen molar-refractivity contribution in [2.24, 2.45) is 0 Å². The molecule has 2 N–H and O–H groups in total. The van der Waals surface area contributed by atoms with Gasteiger partial charge >= 0.3 is 0 Å². The molecule has 1 amide bonds. The largest absolute Gasteiger partial charge is 0.324 e. The first-order valence-corrected chi connectivity index (χ1v) is 10.2. The molecule has 0 saturated carbocycles. The number of thioether (sulfide) groups is 2. The van der Waals surface area contributed by atoms with Gasteiger partial charge in [-0.2, -0.15) is 0 Å². The minimum Gasteiger partial charge on any atom is -0.324 e. The maximum absolute atomic E-state index is 12.1. The molecule has 0 aliphatic rings. The van der Waals surface area contributed by atoms with Gasteiger partial charge in [-0.1, -0.05) is 23.9 Å². The SMILES string of the molecule is CSc1ccccc1NC(=O)CSc1nc2scc(C)c2c(=O)[nH]1. The second-order valence-corrected chi connectivity index (χ2v) is 7.68. The Bertz CT molecular complexity index is 949. The van der Waals surface area contributed by atoms with Gasteiger partial charge in [0.25, 0.3) is 5.56 Å². The molecule has 0 aliphatic heterocycles. The van der Waals surface area contributed by atoms with E-state index in [1.54, 1.807) is 11.8 Å². The van der Waals surface area contributed by atoms with Crippen LogP contribution in [0.3, 0.4) is 0 Å². The summed E-state index contributed by atoms with van der Waals surface area (Å²) in [6.07, 6.45) is 1.96. The van der Waals surface area contributed by atoms with Gasteiger partial charge in [-0.3, -0.25) is 9.59 Å². The minimum absolute atomic E-state index is 0.133. The number of benzene rings is 1. The molecule has 3 aromatic rings. The zero-order chi connectivity index (χ0) is 17.1. The maximum Gasteiger partial charge on any atom is 0.260 e. The Kier molecular flexibility index (Phi) is 5.27. The summed E-state index contributed by atoms with van der Waals surface area (Å²) in [4.78, 5) is 33.1. The average Bonchev–Trinajstić information content (AvgIpc) is 2.95. The molecular formula is C16H15N3O2S3. The number of nitrogens with one attached hydrogen (secondary N) is 2. The third-order valence-electron chi connectivity index (χ3n) is 3.33. The lowest BCUT2D eigenvalue weighted by Crippen LogP contribution is -2.16. The van der Waals surface area contributed by atoms with E-state index < -0.39 is 0 Å². The number of fused-ring (bicyclic) bond motifs is 1. The van der Waals surface area contributed by atoms with E-state index in [9.17, 15) is 9.59 Å². The number of thiophene rings is 1. The number of hydrogen-bond donors (Lipinski definition) is 2. The highest BCUT2D eigenvalue weighted by atomic mass is 32.2. The Balaban J connectivity index is 1.69. The topological polar surface area (TPSA) is 74.8 Å². The van der Waals surface area contributed by atoms with Gasteiger partial charge in [0, 0.05) is 4.90 Å². The van der Waals surface area contributed by atoms with Crippen molar-refractivity contribution in [3.8, 4) is 0 Å². The molecule has 0 radical (unpaired) electrons. The summed E-state index contributed by atoms with van der Waals surface area (Å²) in [5.74, 6) is 0.0493. The van der Waals surface area contributed by atoms with Crippen molar-refractivity contribution in [1.29, 1.82) is 0 Å². The summed E-state index contributed by atoms with van der Waals surface area (Å²) in [6, 6.07) is 7.65. The predicted molar refractivity (Wildman–Crippen MR) is 103 cm³/mol. The van der Waals surface area contributed by atoms with Crippen molar-refractivity contribution in [2.45, 2.75) is 17.0 Å². The van der Waals surface area contributed by atoms with Crippen LogP contribution in [0.25, 0.3) is 10.2 Å². The summed E-state index contributed by atoms with van der Waals surface area (Å²) in [5, 5.41) is 5.89. The Morgan fingerprint density at radius 3 is 2.96 bits per heavy atom. The van der Waals surface area contributed by atoms with Crippen LogP contribution >= 0.6 is 34.9 Å². The summed E-state index contributed by atoms with van der Waals surface area (Å²) in [7, 11) is 0. The molecule has 2 heterocycles. The average molecular weight is 378 g/mol. The minimum atomic E-state index is -0.158. The van der Waals surface area contributed by atoms with Crippen molar-refractivity contribution in [3.63, 3.8) is 0 Å². The van der Waals surface area contributed by atoms with E-state index in [1.165, 1.54) is 23.1 Å². The molecule has 1 aromatic carbocycles. The predicted octanol–water partition coefficient (Wildman–Crippen LogP) is 3.75. The molecule has 8 heteroatoms. The normalized spacial score (nSPS) is 10.9. The molecule has 2 aromatic heterocycles. The van der Waals surface area contributed by atoms with E-state index in [2.05, 4.69) is 15.3 Å². The molecule has 0 atom stereocenters. The number of aryl methyl sites for hydroxylation is 1. The fourth-order valence-corrected chi connectivity index (χ4v) is 4.40. The van der Waals surface area contributed by atoms with Crippen LogP contribution in [0, 0.1) is 6.92 Å². The molecule has 124 valence electrons. The van der Waals surface area contributed by atoms with Crippen LogP contribution in [0.15, 0.2) is 44.5 Å². The first kappa shape index (κ1) is 17.1. The molecule has 3 rings (SSSR count). The number of H-pyrrole nitrogens is 1. The smallest absolute Gasteiger partial charge is 0.260 e. The highest BCUT2D eigenvalue weighted by Gasteiger charge is 2.11. The monoisotopic (exact) mass is 377 g/mol. The van der Waals surface area contributed by atoms with Gasteiger partial charge in [0.2, 0.25) is 5.91 Å². The van der Waals surface area contributed by atoms with Gasteiger partial charge < -0.3 is 10.3 Å². The first-order valence-electron chi connectivity index (χ1n) is 7.12. The van der Waals surface area contributed by atoms with E-state index in [4.69, 9.17) is 0 Å². The van der Waals surface area contributed by atoms with Crippen LogP contribution in [-0.4, -0.2) is 27.9 Å². The van der Waals surface area contributed by atoms with Gasteiger partial charge in [-0.25, -0.2) is 4.98 Å². The van der Waals surface area contributed by atoms with E-state index in [0.717, 1.165) is 16.1 Å². The number of carbonyl (C=O) groups is 1. The standard InChI is InChI=1S/C16H15N3O2S3/c1-9-7-23-15-13(9)14(21)18-16(19-15)24-8-12(20)17-10-5-3-4-6-11(10)22-2/h3-7H,8H2,1-2H3,(H,17,20)(H,18,19,21). The number of amides is 1. The summed E-state index contributed by atoms with van der Waals surface area (Å²) < 4.78 is 0. The van der Waals surface area contributed by atoms with Gasteiger partial charge in [0.1, 0.15) is 4.83 Å². The van der Waals surface area contributed by atoms with Gasteiger partial charge in [-0.15, -0.1) is 23.1 Å². The molecule has 0 fully saturated rings. The third kappa shape index (κ3) is 3.66. The van der Waals surface area contributed by atoms with Crippen LogP contribution in [-0.2, 0) is 4.79 Å². The Hall–Kier alpha value is -1.77. The molecule has 24 heavy (non-hydrogen) atoms. The van der Waals surface area contributed by atoms with Crippen molar-refractivity contribution in [1.82, 2.24) is 9.97 Å². The molecule has 0 bridgehead atoms. The fraction of sp³-hybridized carbons (Fsp3) is 0.188. The van der Waals surface area contributed by atoms with Crippen LogP contribution in [0.2, 0.25) is 0 Å². The van der Waals surface area contributed by atoms with E-state index in [0.29, 0.717) is 15.4 Å². The van der Waals surface area contributed by atoms with Crippen molar-refractivity contribution in [2.75, 3.05) is 17.3 Å². The number of carbonyl (C=O) groups excluding carboxylic acids is 1. The fourth-order valence-electron chi connectivity index (χ4n) is 2.21. The molecule has 0 aliphatic carbocycles. The Morgan fingerprint density at radius 2 is 2.17 bits per heavy atom. The van der Waals surface area contributed by atoms with Crippen molar-refractivity contribution < 1.29 is 4.79 Å². The maximum atomic E-state index is 12.1. The number of aromatic nitrogens is 2. The van der Waals surface area contributed by atoms with E-state index >= 15 is 0 Å². The number of nitrogens with zero attached hydrogens (tertiary/aromatic N) is 1. The van der Waals surface area contributed by atoms with Crippen LogP contribution in [0.1, 0.15) is 5.56 Å². The molecular weight excluding hydrogens is 362 g/mol. The lowest BCUT2D eigenvalue weighted by molar-refractivity contribution is -0.113. The van der Waals surface area contributed by atoms with Gasteiger partial charge in [0.15, 0.2) is 5.16 Å². The zero-order valence-corrected chi connectivity index (χ0v) is 15.5. The molecule has 0 saturated heterocycles. The van der Waals surface area contributed by atoms with Crippen LogP contribution in [0.5, 0.6) is 0 Å². The Morgan fingerprint density at radius 1 is 1.38 bits per heavy atom. The van der Waals surface area contributed by atoms with Crippen LogP contribution < -0.4 is 10.9 Å². The lowest BCUT2D eigenvalue weighted by atomic mass is 10.3. The number of para-hydroxylation sites is 1.